The molecule has 2 aromatic rings. The number of halogens is 2. The van der Waals surface area contributed by atoms with Crippen LogP contribution in [0, 0.1) is 17.6 Å². The van der Waals surface area contributed by atoms with Crippen molar-refractivity contribution in [3.8, 4) is 0 Å². The summed E-state index contributed by atoms with van der Waals surface area (Å²) in [6, 6.07) is 8.63. The van der Waals surface area contributed by atoms with E-state index in [0.29, 0.717) is 44.3 Å². The number of benzene rings is 1. The Kier molecular flexibility index (Phi) is 7.76. The van der Waals surface area contributed by atoms with Gasteiger partial charge < -0.3 is 10.2 Å². The predicted octanol–water partition coefficient (Wildman–Crippen LogP) is 3.95. The molecule has 2 aliphatic rings. The highest BCUT2D eigenvalue weighted by molar-refractivity contribution is 6.07. The van der Waals surface area contributed by atoms with Gasteiger partial charge in [0.15, 0.2) is 11.6 Å². The molecule has 1 atom stereocenters. The first-order valence-electron chi connectivity index (χ1n) is 12.3. The average molecular weight is 497 g/mol. The Labute approximate surface area is 209 Å². The molecule has 0 saturated carbocycles. The van der Waals surface area contributed by atoms with Gasteiger partial charge in [-0.3, -0.25) is 19.5 Å². The van der Waals surface area contributed by atoms with E-state index in [1.54, 1.807) is 11.1 Å². The number of likely N-dealkylation sites (tertiary alicyclic amines) is 1. The lowest BCUT2D eigenvalue weighted by atomic mass is 9.74. The molecule has 190 valence electrons. The van der Waals surface area contributed by atoms with E-state index in [1.807, 2.05) is 25.1 Å². The van der Waals surface area contributed by atoms with Crippen molar-refractivity contribution in [2.24, 2.45) is 5.92 Å². The lowest BCUT2D eigenvalue weighted by Gasteiger charge is -2.40. The molecular formula is C27H30F2N4O3. The third-order valence-electron chi connectivity index (χ3n) is 7.03. The fourth-order valence-electron chi connectivity index (χ4n) is 5.15. The molecule has 2 fully saturated rings. The highest BCUT2D eigenvalue weighted by Gasteiger charge is 2.55. The van der Waals surface area contributed by atoms with Crippen LogP contribution >= 0.6 is 0 Å². The summed E-state index contributed by atoms with van der Waals surface area (Å²) >= 11 is 0. The van der Waals surface area contributed by atoms with Crippen LogP contribution in [0.5, 0.6) is 0 Å². The smallest absolute Gasteiger partial charge is 0.325 e. The summed E-state index contributed by atoms with van der Waals surface area (Å²) in [7, 11) is 0. The number of carbonyl (C=O) groups is 3. The van der Waals surface area contributed by atoms with Crippen molar-refractivity contribution in [3.63, 3.8) is 0 Å². The highest BCUT2D eigenvalue weighted by atomic mass is 19.2. The van der Waals surface area contributed by atoms with Gasteiger partial charge in [-0.1, -0.05) is 25.5 Å². The lowest BCUT2D eigenvalue weighted by molar-refractivity contribution is -0.135. The normalized spacial score (nSPS) is 20.9. The Hall–Kier alpha value is -3.62. The Morgan fingerprint density at radius 1 is 1.17 bits per heavy atom. The monoisotopic (exact) mass is 496 g/mol. The summed E-state index contributed by atoms with van der Waals surface area (Å²) in [5.74, 6) is -2.43. The van der Waals surface area contributed by atoms with Gasteiger partial charge in [0, 0.05) is 44.0 Å². The molecule has 1 aromatic heterocycles. The van der Waals surface area contributed by atoms with Crippen molar-refractivity contribution in [2.75, 3.05) is 19.6 Å². The zero-order valence-corrected chi connectivity index (χ0v) is 20.3. The van der Waals surface area contributed by atoms with Gasteiger partial charge in [0.1, 0.15) is 5.54 Å². The number of urea groups is 1. The van der Waals surface area contributed by atoms with Crippen molar-refractivity contribution >= 4 is 23.9 Å². The molecular weight excluding hydrogens is 466 g/mol. The summed E-state index contributed by atoms with van der Waals surface area (Å²) in [4.78, 5) is 46.3. The van der Waals surface area contributed by atoms with Crippen LogP contribution in [0.15, 0.2) is 48.7 Å². The number of pyridine rings is 1. The molecule has 3 heterocycles. The number of carbonyl (C=O) groups excluding carboxylic acids is 3. The minimum absolute atomic E-state index is 0.0898. The number of piperidine rings is 1. The van der Waals surface area contributed by atoms with Crippen LogP contribution < -0.4 is 5.32 Å². The molecule has 0 aliphatic carbocycles. The minimum atomic E-state index is -0.969. The van der Waals surface area contributed by atoms with E-state index in [1.165, 1.54) is 23.1 Å². The molecule has 2 aliphatic heterocycles. The molecule has 36 heavy (non-hydrogen) atoms. The second-order valence-corrected chi connectivity index (χ2v) is 9.29. The Morgan fingerprint density at radius 2 is 1.94 bits per heavy atom. The maximum atomic E-state index is 13.5. The van der Waals surface area contributed by atoms with Gasteiger partial charge in [-0.25, -0.2) is 13.6 Å². The summed E-state index contributed by atoms with van der Waals surface area (Å²) in [5.41, 5.74) is 0.241. The number of imide groups is 1. The fraction of sp³-hybridized carbons (Fsp3) is 0.407. The number of aromatic nitrogens is 1. The van der Waals surface area contributed by atoms with Crippen molar-refractivity contribution in [2.45, 2.75) is 44.6 Å². The van der Waals surface area contributed by atoms with Crippen LogP contribution in [-0.4, -0.2) is 57.8 Å². The van der Waals surface area contributed by atoms with Gasteiger partial charge >= 0.3 is 6.03 Å². The molecule has 4 rings (SSSR count). The summed E-state index contributed by atoms with van der Waals surface area (Å²) in [6.45, 7) is 3.13. The third-order valence-corrected chi connectivity index (χ3v) is 7.03. The molecule has 1 aromatic carbocycles. The first-order chi connectivity index (χ1) is 17.3. The van der Waals surface area contributed by atoms with Crippen molar-refractivity contribution in [3.05, 3.63) is 71.6 Å². The number of hydrogen-bond donors (Lipinski definition) is 1. The van der Waals surface area contributed by atoms with Gasteiger partial charge in [-0.15, -0.1) is 0 Å². The number of hydrogen-bond acceptors (Lipinski definition) is 4. The second-order valence-electron chi connectivity index (χ2n) is 9.29. The maximum Gasteiger partial charge on any atom is 0.325 e. The molecule has 7 nitrogen and oxygen atoms in total. The SMILES string of the molecule is CCCC1(C2CCN(C(=O)/C=C/c3ccc(F)c(F)c3)CC2)NC(=O)N(CCc2ccccn2)C1=O. The van der Waals surface area contributed by atoms with Crippen molar-refractivity contribution in [1.82, 2.24) is 20.1 Å². The third kappa shape index (κ3) is 5.29. The van der Waals surface area contributed by atoms with Gasteiger partial charge in [0.2, 0.25) is 5.91 Å². The van der Waals surface area contributed by atoms with E-state index >= 15 is 0 Å². The van der Waals surface area contributed by atoms with Crippen LogP contribution in [0.1, 0.15) is 43.9 Å². The molecule has 2 saturated heterocycles. The van der Waals surface area contributed by atoms with Crippen LogP contribution in [0.3, 0.4) is 0 Å². The van der Waals surface area contributed by atoms with Gasteiger partial charge in [-0.2, -0.15) is 0 Å². The molecule has 4 amide bonds. The van der Waals surface area contributed by atoms with Gasteiger partial charge in [0.25, 0.3) is 5.91 Å². The zero-order valence-electron chi connectivity index (χ0n) is 20.3. The fourth-order valence-corrected chi connectivity index (χ4v) is 5.15. The van der Waals surface area contributed by atoms with Gasteiger partial charge in [0.05, 0.1) is 0 Å². The number of rotatable bonds is 8. The average Bonchev–Trinajstić information content (AvgIpc) is 3.13. The van der Waals surface area contributed by atoms with E-state index in [2.05, 4.69) is 10.3 Å². The van der Waals surface area contributed by atoms with Crippen molar-refractivity contribution < 1.29 is 23.2 Å². The van der Waals surface area contributed by atoms with E-state index in [-0.39, 0.29) is 30.3 Å². The minimum Gasteiger partial charge on any atom is -0.339 e. The maximum absolute atomic E-state index is 13.5. The number of nitrogens with one attached hydrogen (secondary N) is 1. The first-order valence-corrected chi connectivity index (χ1v) is 12.3. The Morgan fingerprint density at radius 3 is 2.61 bits per heavy atom. The first kappa shape index (κ1) is 25.5. The standard InChI is InChI=1S/C27H30F2N4O3/c1-2-13-27(25(35)33(26(36)31-27)17-12-21-5-3-4-14-30-21)20-10-15-32(16-11-20)24(34)9-7-19-6-8-22(28)23(29)18-19/h3-9,14,18,20H,2,10-13,15-17H2,1H3,(H,31,36)/b9-7+. The zero-order chi connectivity index (χ0) is 25.7. The number of amides is 4. The highest BCUT2D eigenvalue weighted by Crippen LogP contribution is 2.37. The van der Waals surface area contributed by atoms with E-state index in [9.17, 15) is 23.2 Å². The topological polar surface area (TPSA) is 82.6 Å². The van der Waals surface area contributed by atoms with Crippen LogP contribution in [0.4, 0.5) is 13.6 Å². The molecule has 9 heteroatoms. The predicted molar refractivity (Wildman–Crippen MR) is 131 cm³/mol. The van der Waals surface area contributed by atoms with Crippen molar-refractivity contribution in [1.29, 1.82) is 0 Å². The molecule has 1 unspecified atom stereocenters. The largest absolute Gasteiger partial charge is 0.339 e. The molecule has 0 radical (unpaired) electrons. The van der Waals surface area contributed by atoms with E-state index in [0.717, 1.165) is 24.2 Å². The molecule has 0 spiro atoms. The summed E-state index contributed by atoms with van der Waals surface area (Å²) in [5, 5.41) is 3.01. The van der Waals surface area contributed by atoms with Gasteiger partial charge in [-0.05, 0) is 61.1 Å². The Bertz CT molecular complexity index is 1150. The van der Waals surface area contributed by atoms with E-state index < -0.39 is 17.2 Å². The second kappa shape index (κ2) is 11.0. The van der Waals surface area contributed by atoms with E-state index in [4.69, 9.17) is 0 Å². The van der Waals surface area contributed by atoms with Crippen LogP contribution in [0.2, 0.25) is 0 Å². The van der Waals surface area contributed by atoms with Crippen LogP contribution in [-0.2, 0) is 16.0 Å². The quantitative estimate of drug-likeness (QED) is 0.443. The molecule has 0 bridgehead atoms. The Balaban J connectivity index is 1.39. The summed E-state index contributed by atoms with van der Waals surface area (Å²) in [6.07, 6.45) is 7.38. The van der Waals surface area contributed by atoms with Crippen LogP contribution in [0.25, 0.3) is 6.08 Å². The lowest BCUT2D eigenvalue weighted by Crippen LogP contribution is -2.56. The summed E-state index contributed by atoms with van der Waals surface area (Å²) < 4.78 is 26.5. The molecule has 1 N–H and O–H groups in total. The number of nitrogens with zero attached hydrogens (tertiary/aromatic N) is 3.